The molecule has 0 atom stereocenters. The molecule has 0 bridgehead atoms. The van der Waals surface area contributed by atoms with Crippen molar-refractivity contribution >= 4 is 6.29 Å². The summed E-state index contributed by atoms with van der Waals surface area (Å²) in [6.45, 7) is -1.42. The van der Waals surface area contributed by atoms with Gasteiger partial charge >= 0.3 is 12.2 Å². The molecule has 0 aliphatic heterocycles. The van der Waals surface area contributed by atoms with Crippen LogP contribution in [0.3, 0.4) is 0 Å². The van der Waals surface area contributed by atoms with Crippen LogP contribution in [0.4, 0.5) is 13.2 Å². The molecule has 22 heavy (non-hydrogen) atoms. The van der Waals surface area contributed by atoms with Gasteiger partial charge in [0.1, 0.15) is 5.75 Å². The van der Waals surface area contributed by atoms with E-state index in [0.29, 0.717) is 17.4 Å². The molecule has 0 fully saturated rings. The van der Waals surface area contributed by atoms with Crippen molar-refractivity contribution in [1.82, 2.24) is 9.97 Å². The van der Waals surface area contributed by atoms with E-state index >= 15 is 0 Å². The highest BCUT2D eigenvalue weighted by Crippen LogP contribution is 2.27. The molecule has 0 spiro atoms. The van der Waals surface area contributed by atoms with E-state index in [1.165, 1.54) is 37.7 Å². The van der Waals surface area contributed by atoms with E-state index in [2.05, 4.69) is 14.7 Å². The lowest BCUT2D eigenvalue weighted by molar-refractivity contribution is -0.153. The fourth-order valence-electron chi connectivity index (χ4n) is 1.72. The molecule has 1 aromatic carbocycles. The summed E-state index contributed by atoms with van der Waals surface area (Å²) in [5.74, 6) is -0.0439. The molecule has 1 heterocycles. The Morgan fingerprint density at radius 1 is 1.23 bits per heavy atom. The molecule has 0 saturated carbocycles. The first kappa shape index (κ1) is 15.7. The van der Waals surface area contributed by atoms with Crippen LogP contribution in [0.15, 0.2) is 30.6 Å². The van der Waals surface area contributed by atoms with Gasteiger partial charge in [-0.25, -0.2) is 9.97 Å². The van der Waals surface area contributed by atoms with Crippen LogP contribution in [0.5, 0.6) is 11.8 Å². The normalized spacial score (nSPS) is 11.1. The third-order valence-electron chi connectivity index (χ3n) is 2.67. The summed E-state index contributed by atoms with van der Waals surface area (Å²) in [7, 11) is 1.42. The lowest BCUT2D eigenvalue weighted by Gasteiger charge is -2.11. The smallest absolute Gasteiger partial charge is 0.422 e. The standard InChI is InChI=1S/C14H11F3N2O3/c1-21-13-18-5-10(6-19-13)12-3-2-11(4-9(12)7-20)22-8-14(15,16)17/h2-7H,8H2,1H3. The zero-order valence-corrected chi connectivity index (χ0v) is 11.4. The fraction of sp³-hybridized carbons (Fsp3) is 0.214. The van der Waals surface area contributed by atoms with Crippen molar-refractivity contribution in [1.29, 1.82) is 0 Å². The number of aldehydes is 1. The second kappa shape index (κ2) is 6.42. The number of ether oxygens (including phenoxy) is 2. The van der Waals surface area contributed by atoms with Crippen LogP contribution >= 0.6 is 0 Å². The van der Waals surface area contributed by atoms with Crippen molar-refractivity contribution in [3.8, 4) is 22.9 Å². The maximum Gasteiger partial charge on any atom is 0.422 e. The van der Waals surface area contributed by atoms with Gasteiger partial charge in [0.05, 0.1) is 7.11 Å². The third kappa shape index (κ3) is 3.94. The van der Waals surface area contributed by atoms with Crippen LogP contribution < -0.4 is 9.47 Å². The van der Waals surface area contributed by atoms with E-state index in [0.717, 1.165) is 0 Å². The molecule has 8 heteroatoms. The van der Waals surface area contributed by atoms with Gasteiger partial charge < -0.3 is 9.47 Å². The lowest BCUT2D eigenvalue weighted by atomic mass is 10.0. The van der Waals surface area contributed by atoms with Gasteiger partial charge in [-0.05, 0) is 23.8 Å². The van der Waals surface area contributed by atoms with Crippen molar-refractivity contribution in [2.75, 3.05) is 13.7 Å². The van der Waals surface area contributed by atoms with Gasteiger partial charge in [0, 0.05) is 23.5 Å². The van der Waals surface area contributed by atoms with E-state index in [9.17, 15) is 18.0 Å². The van der Waals surface area contributed by atoms with Crippen LogP contribution in [0.2, 0.25) is 0 Å². The summed E-state index contributed by atoms with van der Waals surface area (Å²) in [5, 5.41) is 0. The van der Waals surface area contributed by atoms with Gasteiger partial charge in [-0.3, -0.25) is 4.79 Å². The molecule has 0 radical (unpaired) electrons. The highest BCUT2D eigenvalue weighted by atomic mass is 19.4. The summed E-state index contributed by atoms with van der Waals surface area (Å²) in [5.41, 5.74) is 1.19. The van der Waals surface area contributed by atoms with Gasteiger partial charge in [0.25, 0.3) is 0 Å². The predicted octanol–water partition coefficient (Wildman–Crippen LogP) is 2.91. The number of halogens is 3. The summed E-state index contributed by atoms with van der Waals surface area (Å²) >= 11 is 0. The zero-order valence-electron chi connectivity index (χ0n) is 11.4. The molecule has 1 aromatic heterocycles. The number of aromatic nitrogens is 2. The summed E-state index contributed by atoms with van der Waals surface area (Å²) in [6, 6.07) is 4.22. The first-order valence-corrected chi connectivity index (χ1v) is 6.08. The second-order valence-electron chi connectivity index (χ2n) is 4.23. The molecule has 116 valence electrons. The quantitative estimate of drug-likeness (QED) is 0.794. The highest BCUT2D eigenvalue weighted by Gasteiger charge is 2.28. The average molecular weight is 312 g/mol. The summed E-state index contributed by atoms with van der Waals surface area (Å²) in [4.78, 5) is 19.0. The van der Waals surface area contributed by atoms with Crippen molar-refractivity contribution in [3.63, 3.8) is 0 Å². The van der Waals surface area contributed by atoms with Crippen LogP contribution in [0.1, 0.15) is 10.4 Å². The number of alkyl halides is 3. The lowest BCUT2D eigenvalue weighted by Crippen LogP contribution is -2.19. The SMILES string of the molecule is COc1ncc(-c2ccc(OCC(F)(F)F)cc2C=O)cn1. The Hall–Kier alpha value is -2.64. The molecule has 0 unspecified atom stereocenters. The Labute approximate surface area is 123 Å². The van der Waals surface area contributed by atoms with Gasteiger partial charge in [0.15, 0.2) is 12.9 Å². The third-order valence-corrected chi connectivity index (χ3v) is 2.67. The number of carbonyl (C=O) groups excluding carboxylic acids is 1. The molecule has 0 aliphatic rings. The summed E-state index contributed by atoms with van der Waals surface area (Å²) in [6.07, 6.45) is -1.02. The number of rotatable bonds is 5. The van der Waals surface area contributed by atoms with Gasteiger partial charge in [-0.2, -0.15) is 13.2 Å². The number of carbonyl (C=O) groups is 1. The van der Waals surface area contributed by atoms with E-state index in [-0.39, 0.29) is 17.3 Å². The number of nitrogens with zero attached hydrogens (tertiary/aromatic N) is 2. The van der Waals surface area contributed by atoms with Crippen molar-refractivity contribution < 1.29 is 27.4 Å². The van der Waals surface area contributed by atoms with E-state index in [1.807, 2.05) is 0 Å². The van der Waals surface area contributed by atoms with Crippen LogP contribution in [-0.4, -0.2) is 36.1 Å². The molecule has 0 aliphatic carbocycles. The Balaban J connectivity index is 2.27. The maximum atomic E-state index is 12.1. The maximum absolute atomic E-state index is 12.1. The van der Waals surface area contributed by atoms with Gasteiger partial charge in [0.2, 0.25) is 0 Å². The largest absolute Gasteiger partial charge is 0.484 e. The van der Waals surface area contributed by atoms with Crippen LogP contribution in [-0.2, 0) is 0 Å². The number of benzene rings is 1. The molecule has 0 N–H and O–H groups in total. The Morgan fingerprint density at radius 3 is 2.45 bits per heavy atom. The Kier molecular flexibility index (Phi) is 4.59. The molecule has 5 nitrogen and oxygen atoms in total. The Bertz CT molecular complexity index is 657. The minimum absolute atomic E-state index is 0.0439. The number of hydrogen-bond acceptors (Lipinski definition) is 5. The minimum Gasteiger partial charge on any atom is -0.484 e. The molecular formula is C14H11F3N2O3. The van der Waals surface area contributed by atoms with E-state index in [4.69, 9.17) is 4.74 Å². The number of methoxy groups -OCH3 is 1. The zero-order chi connectivity index (χ0) is 16.2. The first-order valence-electron chi connectivity index (χ1n) is 6.08. The highest BCUT2D eigenvalue weighted by molar-refractivity contribution is 5.87. The van der Waals surface area contributed by atoms with Gasteiger partial charge in [-0.1, -0.05) is 0 Å². The van der Waals surface area contributed by atoms with Crippen LogP contribution in [0, 0.1) is 0 Å². The fourth-order valence-corrected chi connectivity index (χ4v) is 1.72. The van der Waals surface area contributed by atoms with Crippen molar-refractivity contribution in [2.45, 2.75) is 6.18 Å². The van der Waals surface area contributed by atoms with E-state index in [1.54, 1.807) is 0 Å². The Morgan fingerprint density at radius 2 is 1.91 bits per heavy atom. The number of hydrogen-bond donors (Lipinski definition) is 0. The van der Waals surface area contributed by atoms with Gasteiger partial charge in [-0.15, -0.1) is 0 Å². The predicted molar refractivity (Wildman–Crippen MR) is 71.0 cm³/mol. The molecule has 2 rings (SSSR count). The van der Waals surface area contributed by atoms with Crippen LogP contribution in [0.25, 0.3) is 11.1 Å². The van der Waals surface area contributed by atoms with Crippen molar-refractivity contribution in [3.05, 3.63) is 36.2 Å². The first-order chi connectivity index (χ1) is 10.4. The molecule has 0 saturated heterocycles. The molecule has 0 amide bonds. The molecule has 2 aromatic rings. The monoisotopic (exact) mass is 312 g/mol. The topological polar surface area (TPSA) is 61.3 Å². The van der Waals surface area contributed by atoms with Crippen molar-refractivity contribution in [2.24, 2.45) is 0 Å². The van der Waals surface area contributed by atoms with E-state index < -0.39 is 12.8 Å². The molecular weight excluding hydrogens is 301 g/mol. The second-order valence-corrected chi connectivity index (χ2v) is 4.23. The average Bonchev–Trinajstić information content (AvgIpc) is 2.52. The minimum atomic E-state index is -4.44. The summed E-state index contributed by atoms with van der Waals surface area (Å²) < 4.78 is 45.8.